The molecular weight excluding hydrogens is 370 g/mol. The Morgan fingerprint density at radius 1 is 1.14 bits per heavy atom. The molecule has 5 rings (SSSR count). The Morgan fingerprint density at radius 3 is 2.86 bits per heavy atom. The number of thiazole rings is 1. The molecule has 3 aromatic rings. The summed E-state index contributed by atoms with van der Waals surface area (Å²) in [4.78, 5) is 33.9. The number of Topliss-reactive ketones (excluding diaryl/α,β-unsaturated/α-hetero) is 1. The Labute approximate surface area is 167 Å². The van der Waals surface area contributed by atoms with Crippen molar-refractivity contribution in [2.24, 2.45) is 0 Å². The molecule has 2 aromatic carbocycles. The van der Waals surface area contributed by atoms with E-state index in [9.17, 15) is 9.59 Å². The fourth-order valence-corrected chi connectivity index (χ4v) is 5.35. The van der Waals surface area contributed by atoms with Crippen molar-refractivity contribution in [3.05, 3.63) is 58.6 Å². The summed E-state index contributed by atoms with van der Waals surface area (Å²) >= 11 is 1.73. The maximum atomic E-state index is 12.7. The number of carbonyl (C=O) groups is 2. The second kappa shape index (κ2) is 6.79. The van der Waals surface area contributed by atoms with Crippen LogP contribution in [0.2, 0.25) is 0 Å². The number of hydrogen-bond acceptors (Lipinski definition) is 5. The number of ketones is 1. The summed E-state index contributed by atoms with van der Waals surface area (Å²) in [5.41, 5.74) is 3.28. The number of aryl methyl sites for hydroxylation is 1. The predicted octanol–water partition coefficient (Wildman–Crippen LogP) is 4.32. The van der Waals surface area contributed by atoms with E-state index >= 15 is 0 Å². The van der Waals surface area contributed by atoms with Crippen LogP contribution in [0.15, 0.2) is 42.5 Å². The minimum absolute atomic E-state index is 0.184. The first kappa shape index (κ1) is 17.5. The van der Waals surface area contributed by atoms with Crippen LogP contribution in [0.5, 0.6) is 0 Å². The van der Waals surface area contributed by atoms with E-state index in [2.05, 4.69) is 11.0 Å². The zero-order valence-electron chi connectivity index (χ0n) is 15.7. The minimum atomic E-state index is -0.422. The van der Waals surface area contributed by atoms with Crippen molar-refractivity contribution < 1.29 is 9.59 Å². The second-order valence-electron chi connectivity index (χ2n) is 7.57. The highest BCUT2D eigenvalue weighted by molar-refractivity contribution is 7.18. The fraction of sp³-hybridized carbons (Fsp3) is 0.318. The lowest BCUT2D eigenvalue weighted by atomic mass is 10.0. The molecule has 6 heteroatoms. The molecule has 1 amide bonds. The number of benzene rings is 2. The van der Waals surface area contributed by atoms with Crippen molar-refractivity contribution in [2.45, 2.75) is 32.2 Å². The van der Waals surface area contributed by atoms with Gasteiger partial charge in [-0.25, -0.2) is 4.98 Å². The number of likely N-dealkylation sites (tertiary alicyclic amines) is 1. The number of nitrogens with zero attached hydrogens (tertiary/aromatic N) is 3. The van der Waals surface area contributed by atoms with E-state index in [0.29, 0.717) is 12.2 Å². The van der Waals surface area contributed by atoms with Gasteiger partial charge in [0.15, 0.2) is 0 Å². The summed E-state index contributed by atoms with van der Waals surface area (Å²) < 4.78 is 1.19. The van der Waals surface area contributed by atoms with Gasteiger partial charge in [0.2, 0.25) is 0 Å². The molecule has 3 heterocycles. The van der Waals surface area contributed by atoms with Crippen molar-refractivity contribution in [2.75, 3.05) is 18.1 Å². The third-order valence-electron chi connectivity index (χ3n) is 5.66. The zero-order chi connectivity index (χ0) is 19.3. The molecule has 0 spiro atoms. The Morgan fingerprint density at radius 2 is 2.00 bits per heavy atom. The Balaban J connectivity index is 1.46. The molecule has 1 aromatic heterocycles. The van der Waals surface area contributed by atoms with E-state index in [1.54, 1.807) is 16.2 Å². The van der Waals surface area contributed by atoms with Crippen LogP contribution in [0.1, 0.15) is 46.2 Å². The number of rotatable bonds is 3. The van der Waals surface area contributed by atoms with Gasteiger partial charge in [-0.2, -0.15) is 0 Å². The first-order valence-electron chi connectivity index (χ1n) is 9.68. The summed E-state index contributed by atoms with van der Waals surface area (Å²) in [6, 6.07) is 14.0. The van der Waals surface area contributed by atoms with E-state index in [0.717, 1.165) is 47.6 Å². The van der Waals surface area contributed by atoms with Crippen molar-refractivity contribution in [1.29, 1.82) is 0 Å². The van der Waals surface area contributed by atoms with Gasteiger partial charge in [-0.3, -0.25) is 19.4 Å². The lowest BCUT2D eigenvalue weighted by Gasteiger charge is -2.36. The standard InChI is InChI=1S/C22H21N3O2S/c1-14-9-10-17-15(12-14)20(26)22(27)25(17)13-24-11-5-4-7-18(24)21-23-16-6-2-3-8-19(16)28-21/h2-3,6,8-10,12,18H,4-5,7,11,13H2,1H3/t18-/m0/s1. The molecule has 28 heavy (non-hydrogen) atoms. The van der Waals surface area contributed by atoms with Crippen LogP contribution in [0, 0.1) is 6.92 Å². The topological polar surface area (TPSA) is 53.5 Å². The van der Waals surface area contributed by atoms with Crippen molar-refractivity contribution >= 4 is 38.9 Å². The summed E-state index contributed by atoms with van der Waals surface area (Å²) in [6.45, 7) is 3.27. The van der Waals surface area contributed by atoms with Crippen LogP contribution in [0.3, 0.4) is 0 Å². The van der Waals surface area contributed by atoms with Crippen LogP contribution < -0.4 is 4.90 Å². The molecule has 0 saturated carbocycles. The normalized spacial score (nSPS) is 20.2. The molecule has 2 aliphatic rings. The first-order valence-corrected chi connectivity index (χ1v) is 10.5. The van der Waals surface area contributed by atoms with E-state index in [4.69, 9.17) is 4.98 Å². The van der Waals surface area contributed by atoms with E-state index in [-0.39, 0.29) is 6.04 Å². The molecule has 0 bridgehead atoms. The summed E-state index contributed by atoms with van der Waals surface area (Å²) in [5.74, 6) is -0.818. The molecular formula is C22H21N3O2S. The average Bonchev–Trinajstić information content (AvgIpc) is 3.24. The van der Waals surface area contributed by atoms with Gasteiger partial charge in [0.25, 0.3) is 5.78 Å². The monoisotopic (exact) mass is 391 g/mol. The van der Waals surface area contributed by atoms with Crippen LogP contribution in [0.4, 0.5) is 5.69 Å². The second-order valence-corrected chi connectivity index (χ2v) is 8.63. The average molecular weight is 391 g/mol. The third-order valence-corrected chi connectivity index (χ3v) is 6.80. The lowest BCUT2D eigenvalue weighted by Crippen LogP contribution is -2.44. The fourth-order valence-electron chi connectivity index (χ4n) is 4.21. The van der Waals surface area contributed by atoms with E-state index in [1.807, 2.05) is 43.3 Å². The zero-order valence-corrected chi connectivity index (χ0v) is 16.5. The number of piperidine rings is 1. The highest BCUT2D eigenvalue weighted by Gasteiger charge is 2.38. The summed E-state index contributed by atoms with van der Waals surface area (Å²) in [7, 11) is 0. The number of carbonyl (C=O) groups excluding carboxylic acids is 2. The number of para-hydroxylation sites is 1. The lowest BCUT2D eigenvalue weighted by molar-refractivity contribution is -0.114. The van der Waals surface area contributed by atoms with Crippen LogP contribution in [-0.4, -0.2) is 34.8 Å². The first-order chi connectivity index (χ1) is 13.6. The van der Waals surface area contributed by atoms with Crippen molar-refractivity contribution in [3.8, 4) is 0 Å². The van der Waals surface area contributed by atoms with Crippen LogP contribution >= 0.6 is 11.3 Å². The quantitative estimate of drug-likeness (QED) is 0.624. The number of amides is 1. The molecule has 142 valence electrons. The largest absolute Gasteiger partial charge is 0.300 e. The number of anilines is 1. The van der Waals surface area contributed by atoms with E-state index in [1.165, 1.54) is 4.70 Å². The molecule has 2 aliphatic heterocycles. The SMILES string of the molecule is Cc1ccc2c(c1)C(=O)C(=O)N2CN1CCCC[C@H]1c1nc2ccccc2s1. The molecule has 1 saturated heterocycles. The molecule has 5 nitrogen and oxygen atoms in total. The Kier molecular flexibility index (Phi) is 4.25. The molecule has 1 fully saturated rings. The van der Waals surface area contributed by atoms with Crippen LogP contribution in [-0.2, 0) is 4.79 Å². The maximum absolute atomic E-state index is 12.7. The summed E-state index contributed by atoms with van der Waals surface area (Å²) in [5, 5.41) is 1.10. The van der Waals surface area contributed by atoms with Gasteiger partial charge in [0.1, 0.15) is 5.01 Å². The van der Waals surface area contributed by atoms with Gasteiger partial charge in [0, 0.05) is 6.54 Å². The maximum Gasteiger partial charge on any atom is 0.300 e. The molecule has 1 atom stereocenters. The number of aromatic nitrogens is 1. The number of fused-ring (bicyclic) bond motifs is 2. The third kappa shape index (κ3) is 2.84. The highest BCUT2D eigenvalue weighted by atomic mass is 32.1. The van der Waals surface area contributed by atoms with Gasteiger partial charge >= 0.3 is 5.91 Å². The van der Waals surface area contributed by atoms with Crippen molar-refractivity contribution in [3.63, 3.8) is 0 Å². The van der Waals surface area contributed by atoms with Crippen LogP contribution in [0.25, 0.3) is 10.2 Å². The summed E-state index contributed by atoms with van der Waals surface area (Å²) in [6.07, 6.45) is 3.27. The van der Waals surface area contributed by atoms with Gasteiger partial charge in [-0.05, 0) is 44.0 Å². The minimum Gasteiger partial charge on any atom is -0.291 e. The number of hydrogen-bond donors (Lipinski definition) is 0. The Hall–Kier alpha value is -2.57. The van der Waals surface area contributed by atoms with Crippen molar-refractivity contribution in [1.82, 2.24) is 9.88 Å². The molecule has 0 N–H and O–H groups in total. The molecule has 0 unspecified atom stereocenters. The smallest absolute Gasteiger partial charge is 0.291 e. The molecule has 0 aliphatic carbocycles. The van der Waals surface area contributed by atoms with E-state index < -0.39 is 11.7 Å². The van der Waals surface area contributed by atoms with Gasteiger partial charge < -0.3 is 0 Å². The van der Waals surface area contributed by atoms with Gasteiger partial charge in [-0.15, -0.1) is 11.3 Å². The molecule has 0 radical (unpaired) electrons. The predicted molar refractivity (Wildman–Crippen MR) is 111 cm³/mol. The van der Waals surface area contributed by atoms with Gasteiger partial charge in [-0.1, -0.05) is 30.2 Å². The van der Waals surface area contributed by atoms with Gasteiger partial charge in [0.05, 0.1) is 34.2 Å². The highest BCUT2D eigenvalue weighted by Crippen LogP contribution is 2.37. The Bertz CT molecular complexity index is 1060.